The Morgan fingerprint density at radius 1 is 1.41 bits per heavy atom. The fraction of sp³-hybridized carbons (Fsp3) is 0.417. The predicted octanol–water partition coefficient (Wildman–Crippen LogP) is 2.18. The fourth-order valence-corrected chi connectivity index (χ4v) is 1.59. The molecule has 0 aliphatic carbocycles. The average Bonchev–Trinajstić information content (AvgIpc) is 2.35. The second-order valence-corrected chi connectivity index (χ2v) is 3.99. The lowest BCUT2D eigenvalue weighted by Gasteiger charge is -2.07. The van der Waals surface area contributed by atoms with Crippen LogP contribution in [0.1, 0.15) is 5.56 Å². The topological polar surface area (TPSA) is 47.6 Å². The molecule has 0 saturated heterocycles. The number of anilines is 1. The third-order valence-electron chi connectivity index (χ3n) is 2.03. The molecule has 0 bridgehead atoms. The van der Waals surface area contributed by atoms with Crippen LogP contribution in [0.15, 0.2) is 24.3 Å². The Balaban J connectivity index is 2.34. The van der Waals surface area contributed by atoms with Crippen LogP contribution in [0, 0.1) is 0 Å². The number of alkyl halides is 1. The van der Waals surface area contributed by atoms with Crippen molar-refractivity contribution in [1.82, 2.24) is 0 Å². The standard InChI is InChI=1S/C12H16BrNO3/c1-16-5-6-17-9-12(15)14-11-4-2-3-10(7-11)8-13/h2-4,7H,5-6,8-9H2,1H3,(H,14,15). The quantitative estimate of drug-likeness (QED) is 0.620. The van der Waals surface area contributed by atoms with Crippen molar-refractivity contribution >= 4 is 27.5 Å². The van der Waals surface area contributed by atoms with E-state index < -0.39 is 0 Å². The number of rotatable bonds is 7. The fourth-order valence-electron chi connectivity index (χ4n) is 1.24. The molecule has 0 fully saturated rings. The van der Waals surface area contributed by atoms with Crippen LogP contribution in [0.25, 0.3) is 0 Å². The summed E-state index contributed by atoms with van der Waals surface area (Å²) in [4.78, 5) is 11.5. The highest BCUT2D eigenvalue weighted by Gasteiger charge is 2.02. The summed E-state index contributed by atoms with van der Waals surface area (Å²) in [5.74, 6) is -0.159. The van der Waals surface area contributed by atoms with Gasteiger partial charge in [-0.05, 0) is 17.7 Å². The molecule has 1 rings (SSSR count). The van der Waals surface area contributed by atoms with Crippen LogP contribution >= 0.6 is 15.9 Å². The first-order chi connectivity index (χ1) is 8.26. The number of ether oxygens (including phenoxy) is 2. The molecule has 1 N–H and O–H groups in total. The van der Waals surface area contributed by atoms with Gasteiger partial charge in [0.05, 0.1) is 13.2 Å². The molecule has 1 amide bonds. The normalized spacial score (nSPS) is 10.2. The molecule has 0 aliphatic heterocycles. The molecule has 0 heterocycles. The maximum Gasteiger partial charge on any atom is 0.250 e. The second kappa shape index (κ2) is 8.22. The minimum Gasteiger partial charge on any atom is -0.382 e. The van der Waals surface area contributed by atoms with Crippen molar-refractivity contribution in [2.24, 2.45) is 0 Å². The minimum absolute atomic E-state index is 0.0436. The SMILES string of the molecule is COCCOCC(=O)Nc1cccc(CBr)c1. The second-order valence-electron chi connectivity index (χ2n) is 3.43. The van der Waals surface area contributed by atoms with Crippen molar-refractivity contribution in [3.63, 3.8) is 0 Å². The number of methoxy groups -OCH3 is 1. The van der Waals surface area contributed by atoms with Gasteiger partial charge in [-0.25, -0.2) is 0 Å². The Labute approximate surface area is 109 Å². The zero-order valence-electron chi connectivity index (χ0n) is 9.74. The van der Waals surface area contributed by atoms with E-state index in [0.717, 1.165) is 16.6 Å². The first-order valence-corrected chi connectivity index (χ1v) is 6.40. The monoisotopic (exact) mass is 301 g/mol. The van der Waals surface area contributed by atoms with E-state index in [1.807, 2.05) is 24.3 Å². The van der Waals surface area contributed by atoms with Crippen molar-refractivity contribution in [2.45, 2.75) is 5.33 Å². The van der Waals surface area contributed by atoms with Crippen LogP contribution in [0.2, 0.25) is 0 Å². The number of carbonyl (C=O) groups is 1. The number of carbonyl (C=O) groups excluding carboxylic acids is 1. The van der Waals surface area contributed by atoms with Crippen molar-refractivity contribution in [2.75, 3.05) is 32.2 Å². The molecule has 0 unspecified atom stereocenters. The van der Waals surface area contributed by atoms with Gasteiger partial charge in [-0.15, -0.1) is 0 Å². The molecule has 0 saturated carbocycles. The van der Waals surface area contributed by atoms with Gasteiger partial charge in [-0.3, -0.25) is 4.79 Å². The summed E-state index contributed by atoms with van der Waals surface area (Å²) < 4.78 is 9.93. The van der Waals surface area contributed by atoms with Crippen LogP contribution in [-0.4, -0.2) is 32.8 Å². The zero-order valence-corrected chi connectivity index (χ0v) is 11.3. The lowest BCUT2D eigenvalue weighted by atomic mass is 10.2. The predicted molar refractivity (Wildman–Crippen MR) is 70.4 cm³/mol. The largest absolute Gasteiger partial charge is 0.382 e. The van der Waals surface area contributed by atoms with E-state index in [1.165, 1.54) is 0 Å². The third-order valence-corrected chi connectivity index (χ3v) is 2.68. The summed E-state index contributed by atoms with van der Waals surface area (Å²) >= 11 is 3.37. The van der Waals surface area contributed by atoms with Gasteiger partial charge in [0.2, 0.25) is 5.91 Å². The van der Waals surface area contributed by atoms with Crippen LogP contribution in [0.5, 0.6) is 0 Å². The van der Waals surface area contributed by atoms with Gasteiger partial charge >= 0.3 is 0 Å². The zero-order chi connectivity index (χ0) is 12.5. The third kappa shape index (κ3) is 5.81. The number of benzene rings is 1. The summed E-state index contributed by atoms with van der Waals surface area (Å²) in [7, 11) is 1.59. The summed E-state index contributed by atoms with van der Waals surface area (Å²) in [6.07, 6.45) is 0. The van der Waals surface area contributed by atoms with E-state index in [2.05, 4.69) is 21.2 Å². The highest BCUT2D eigenvalue weighted by Crippen LogP contribution is 2.12. The van der Waals surface area contributed by atoms with Crippen molar-refractivity contribution in [1.29, 1.82) is 0 Å². The van der Waals surface area contributed by atoms with Crippen molar-refractivity contribution in [3.05, 3.63) is 29.8 Å². The number of hydrogen-bond donors (Lipinski definition) is 1. The highest BCUT2D eigenvalue weighted by atomic mass is 79.9. The molecule has 0 atom stereocenters. The van der Waals surface area contributed by atoms with Crippen molar-refractivity contribution < 1.29 is 14.3 Å². The molecule has 4 nitrogen and oxygen atoms in total. The summed E-state index contributed by atoms with van der Waals surface area (Å²) in [5.41, 5.74) is 1.89. The molecule has 0 aromatic heterocycles. The first kappa shape index (κ1) is 14.2. The van der Waals surface area contributed by atoms with Gasteiger partial charge in [-0.2, -0.15) is 0 Å². The van der Waals surface area contributed by atoms with Crippen molar-refractivity contribution in [3.8, 4) is 0 Å². The number of hydrogen-bond acceptors (Lipinski definition) is 3. The lowest BCUT2D eigenvalue weighted by molar-refractivity contribution is -0.121. The van der Waals surface area contributed by atoms with E-state index in [0.29, 0.717) is 13.2 Å². The van der Waals surface area contributed by atoms with Crippen LogP contribution in [-0.2, 0) is 19.6 Å². The Hall–Kier alpha value is -0.910. The molecule has 0 radical (unpaired) electrons. The molecule has 94 valence electrons. The van der Waals surface area contributed by atoms with Gasteiger partial charge in [0.15, 0.2) is 0 Å². The van der Waals surface area contributed by atoms with Crippen LogP contribution in [0.4, 0.5) is 5.69 Å². The number of halogens is 1. The minimum atomic E-state index is -0.159. The number of amides is 1. The molecule has 1 aromatic rings. The van der Waals surface area contributed by atoms with Gasteiger partial charge in [0.1, 0.15) is 6.61 Å². The Kier molecular flexibility index (Phi) is 6.84. The van der Waals surface area contributed by atoms with Gasteiger partial charge in [-0.1, -0.05) is 28.1 Å². The Bertz CT molecular complexity index is 357. The Morgan fingerprint density at radius 2 is 2.24 bits per heavy atom. The molecule has 0 spiro atoms. The van der Waals surface area contributed by atoms with E-state index >= 15 is 0 Å². The Morgan fingerprint density at radius 3 is 2.94 bits per heavy atom. The molecule has 1 aromatic carbocycles. The molecule has 17 heavy (non-hydrogen) atoms. The maximum absolute atomic E-state index is 11.5. The molecular weight excluding hydrogens is 286 g/mol. The van der Waals surface area contributed by atoms with Gasteiger partial charge < -0.3 is 14.8 Å². The maximum atomic E-state index is 11.5. The number of nitrogens with one attached hydrogen (secondary N) is 1. The van der Waals surface area contributed by atoms with E-state index in [9.17, 15) is 4.79 Å². The first-order valence-electron chi connectivity index (χ1n) is 5.27. The van der Waals surface area contributed by atoms with Gasteiger partial charge in [0.25, 0.3) is 0 Å². The molecule has 0 aliphatic rings. The van der Waals surface area contributed by atoms with E-state index in [4.69, 9.17) is 9.47 Å². The molecular formula is C12H16BrNO3. The van der Waals surface area contributed by atoms with Crippen LogP contribution < -0.4 is 5.32 Å². The molecule has 5 heteroatoms. The van der Waals surface area contributed by atoms with E-state index in [1.54, 1.807) is 7.11 Å². The van der Waals surface area contributed by atoms with Gasteiger partial charge in [0, 0.05) is 18.1 Å². The average molecular weight is 302 g/mol. The van der Waals surface area contributed by atoms with Crippen LogP contribution in [0.3, 0.4) is 0 Å². The summed E-state index contributed by atoms with van der Waals surface area (Å²) in [6.45, 7) is 0.958. The highest BCUT2D eigenvalue weighted by molar-refractivity contribution is 9.08. The van der Waals surface area contributed by atoms with E-state index in [-0.39, 0.29) is 12.5 Å². The lowest BCUT2D eigenvalue weighted by Crippen LogP contribution is -2.19. The smallest absolute Gasteiger partial charge is 0.250 e. The summed E-state index contributed by atoms with van der Waals surface area (Å²) in [6, 6.07) is 7.65. The summed E-state index contributed by atoms with van der Waals surface area (Å²) in [5, 5.41) is 3.53.